The predicted octanol–water partition coefficient (Wildman–Crippen LogP) is 1.27. The molecule has 19 heavy (non-hydrogen) atoms. The smallest absolute Gasteiger partial charge is 0.266 e. The maximum atomic E-state index is 11.7. The zero-order valence-corrected chi connectivity index (χ0v) is 10.3. The highest BCUT2D eigenvalue weighted by Gasteiger charge is 2.16. The van der Waals surface area contributed by atoms with Gasteiger partial charge in [0, 0.05) is 19.0 Å². The van der Waals surface area contributed by atoms with Gasteiger partial charge in [-0.15, -0.1) is 0 Å². The molecule has 1 fully saturated rings. The van der Waals surface area contributed by atoms with Crippen molar-refractivity contribution < 1.29 is 13.9 Å². The molecule has 6 nitrogen and oxygen atoms in total. The largest absolute Gasteiger partial charge is 0.463 e. The minimum absolute atomic E-state index is 0.145. The molecule has 0 aliphatic carbocycles. The van der Waals surface area contributed by atoms with Gasteiger partial charge in [0.15, 0.2) is 12.1 Å². The summed E-state index contributed by atoms with van der Waals surface area (Å²) < 4.78 is 17.3. The van der Waals surface area contributed by atoms with Gasteiger partial charge in [0.2, 0.25) is 0 Å². The summed E-state index contributed by atoms with van der Waals surface area (Å²) in [6.45, 7) is 1.68. The van der Waals surface area contributed by atoms with Crippen LogP contribution in [0, 0.1) is 0 Å². The summed E-state index contributed by atoms with van der Waals surface area (Å²) in [5.74, 6) is 0.641. The highest BCUT2D eigenvalue weighted by atomic mass is 16.7. The summed E-state index contributed by atoms with van der Waals surface area (Å²) in [7, 11) is 0. The minimum Gasteiger partial charge on any atom is -0.463 e. The standard InChI is InChI=1S/C13H14N2O4/c16-12-4-3-10(11-2-1-7-17-11)14-15(12)6-5-13-18-8-9-19-13/h1-4,7,13H,5-6,8-9H2. The van der Waals surface area contributed by atoms with E-state index in [0.717, 1.165) is 0 Å². The molecule has 3 heterocycles. The third kappa shape index (κ3) is 2.74. The van der Waals surface area contributed by atoms with Gasteiger partial charge >= 0.3 is 0 Å². The molecule has 0 aromatic carbocycles. The first-order chi connectivity index (χ1) is 9.33. The Morgan fingerprint density at radius 3 is 2.84 bits per heavy atom. The molecule has 1 aliphatic heterocycles. The molecule has 1 saturated heterocycles. The summed E-state index contributed by atoms with van der Waals surface area (Å²) >= 11 is 0. The van der Waals surface area contributed by atoms with E-state index in [9.17, 15) is 4.79 Å². The Kier molecular flexibility index (Phi) is 3.43. The molecule has 1 aliphatic rings. The SMILES string of the molecule is O=c1ccc(-c2ccco2)nn1CCC1OCCO1. The van der Waals surface area contributed by atoms with E-state index in [2.05, 4.69) is 5.10 Å². The second-order valence-electron chi connectivity index (χ2n) is 4.22. The second-order valence-corrected chi connectivity index (χ2v) is 4.22. The minimum atomic E-state index is -0.235. The average molecular weight is 262 g/mol. The number of nitrogens with zero attached hydrogens (tertiary/aromatic N) is 2. The van der Waals surface area contributed by atoms with Crippen LogP contribution in [0.1, 0.15) is 6.42 Å². The van der Waals surface area contributed by atoms with E-state index in [1.54, 1.807) is 24.5 Å². The van der Waals surface area contributed by atoms with Gasteiger partial charge in [-0.05, 0) is 18.2 Å². The molecule has 3 rings (SSSR count). The third-order valence-corrected chi connectivity index (χ3v) is 2.91. The monoisotopic (exact) mass is 262 g/mol. The molecule has 0 N–H and O–H groups in total. The van der Waals surface area contributed by atoms with Gasteiger partial charge in [-0.2, -0.15) is 5.10 Å². The zero-order chi connectivity index (χ0) is 13.1. The van der Waals surface area contributed by atoms with Gasteiger partial charge in [-0.1, -0.05) is 0 Å². The molecular formula is C13H14N2O4. The van der Waals surface area contributed by atoms with E-state index in [0.29, 0.717) is 37.6 Å². The van der Waals surface area contributed by atoms with E-state index in [1.165, 1.54) is 10.7 Å². The Morgan fingerprint density at radius 2 is 2.11 bits per heavy atom. The van der Waals surface area contributed by atoms with Crippen LogP contribution in [0.3, 0.4) is 0 Å². The fourth-order valence-electron chi connectivity index (χ4n) is 1.97. The van der Waals surface area contributed by atoms with Crippen LogP contribution in [0.4, 0.5) is 0 Å². The number of hydrogen-bond acceptors (Lipinski definition) is 5. The lowest BCUT2D eigenvalue weighted by Crippen LogP contribution is -2.24. The second kappa shape index (κ2) is 5.38. The van der Waals surface area contributed by atoms with Gasteiger partial charge in [-0.25, -0.2) is 4.68 Å². The molecule has 0 bridgehead atoms. The fraction of sp³-hybridized carbons (Fsp3) is 0.385. The number of furan rings is 1. The molecule has 0 atom stereocenters. The predicted molar refractivity (Wildman–Crippen MR) is 66.5 cm³/mol. The van der Waals surface area contributed by atoms with Crippen LogP contribution in [0.2, 0.25) is 0 Å². The number of aryl methyl sites for hydroxylation is 1. The van der Waals surface area contributed by atoms with Gasteiger partial charge < -0.3 is 13.9 Å². The third-order valence-electron chi connectivity index (χ3n) is 2.91. The number of ether oxygens (including phenoxy) is 2. The van der Waals surface area contributed by atoms with Crippen LogP contribution in [0.15, 0.2) is 39.7 Å². The lowest BCUT2D eigenvalue weighted by atomic mass is 10.3. The Balaban J connectivity index is 1.76. The first kappa shape index (κ1) is 12.1. The first-order valence-corrected chi connectivity index (χ1v) is 6.18. The summed E-state index contributed by atoms with van der Waals surface area (Å²) in [5, 5.41) is 4.28. The normalized spacial score (nSPS) is 16.0. The molecule has 2 aromatic heterocycles. The Hall–Kier alpha value is -1.92. The molecule has 0 amide bonds. The van der Waals surface area contributed by atoms with Crippen molar-refractivity contribution in [3.8, 4) is 11.5 Å². The number of hydrogen-bond donors (Lipinski definition) is 0. The van der Waals surface area contributed by atoms with Crippen molar-refractivity contribution in [2.45, 2.75) is 19.3 Å². The Morgan fingerprint density at radius 1 is 1.26 bits per heavy atom. The topological polar surface area (TPSA) is 66.5 Å². The van der Waals surface area contributed by atoms with E-state index >= 15 is 0 Å². The molecule has 0 unspecified atom stereocenters. The average Bonchev–Trinajstić information content (AvgIpc) is 3.11. The van der Waals surface area contributed by atoms with Crippen LogP contribution >= 0.6 is 0 Å². The molecular weight excluding hydrogens is 248 g/mol. The maximum Gasteiger partial charge on any atom is 0.266 e. The van der Waals surface area contributed by atoms with E-state index in [1.807, 2.05) is 0 Å². The van der Waals surface area contributed by atoms with Crippen molar-refractivity contribution in [1.29, 1.82) is 0 Å². The van der Waals surface area contributed by atoms with E-state index in [4.69, 9.17) is 13.9 Å². The summed E-state index contributed by atoms with van der Waals surface area (Å²) in [4.78, 5) is 11.7. The molecule has 100 valence electrons. The molecule has 6 heteroatoms. The Labute approximate surface area is 109 Å². The molecule has 0 spiro atoms. The molecule has 0 saturated carbocycles. The van der Waals surface area contributed by atoms with Gasteiger partial charge in [0.1, 0.15) is 5.69 Å². The van der Waals surface area contributed by atoms with E-state index in [-0.39, 0.29) is 11.8 Å². The highest BCUT2D eigenvalue weighted by molar-refractivity contribution is 5.50. The van der Waals surface area contributed by atoms with Crippen LogP contribution in [0.5, 0.6) is 0 Å². The van der Waals surface area contributed by atoms with Crippen molar-refractivity contribution in [3.63, 3.8) is 0 Å². The van der Waals surface area contributed by atoms with Crippen LogP contribution in [0.25, 0.3) is 11.5 Å². The fourth-order valence-corrected chi connectivity index (χ4v) is 1.97. The number of aromatic nitrogens is 2. The van der Waals surface area contributed by atoms with Crippen LogP contribution in [-0.4, -0.2) is 29.3 Å². The van der Waals surface area contributed by atoms with Crippen molar-refractivity contribution in [3.05, 3.63) is 40.9 Å². The van der Waals surface area contributed by atoms with Gasteiger partial charge in [-0.3, -0.25) is 4.79 Å². The first-order valence-electron chi connectivity index (χ1n) is 6.18. The Bertz CT molecular complexity index is 585. The number of rotatable bonds is 4. The maximum absolute atomic E-state index is 11.7. The van der Waals surface area contributed by atoms with Crippen molar-refractivity contribution in [2.75, 3.05) is 13.2 Å². The molecule has 0 radical (unpaired) electrons. The molecule has 2 aromatic rings. The van der Waals surface area contributed by atoms with Crippen molar-refractivity contribution >= 4 is 0 Å². The highest BCUT2D eigenvalue weighted by Crippen LogP contribution is 2.15. The van der Waals surface area contributed by atoms with E-state index < -0.39 is 0 Å². The summed E-state index contributed by atoms with van der Waals surface area (Å²) in [6, 6.07) is 6.73. The summed E-state index contributed by atoms with van der Waals surface area (Å²) in [6.07, 6.45) is 1.95. The summed E-state index contributed by atoms with van der Waals surface area (Å²) in [5.41, 5.74) is 0.492. The van der Waals surface area contributed by atoms with Crippen LogP contribution in [-0.2, 0) is 16.0 Å². The van der Waals surface area contributed by atoms with Gasteiger partial charge in [0.05, 0.1) is 19.5 Å². The van der Waals surface area contributed by atoms with Gasteiger partial charge in [0.25, 0.3) is 5.56 Å². The van der Waals surface area contributed by atoms with Crippen molar-refractivity contribution in [2.24, 2.45) is 0 Å². The van der Waals surface area contributed by atoms with Crippen molar-refractivity contribution in [1.82, 2.24) is 9.78 Å². The lowest BCUT2D eigenvalue weighted by molar-refractivity contribution is -0.0497. The lowest BCUT2D eigenvalue weighted by Gasteiger charge is -2.10. The zero-order valence-electron chi connectivity index (χ0n) is 10.3. The van der Waals surface area contributed by atoms with Crippen LogP contribution < -0.4 is 5.56 Å². The quantitative estimate of drug-likeness (QED) is 0.830.